The monoisotopic (exact) mass is 445 g/mol. The lowest BCUT2D eigenvalue weighted by molar-refractivity contribution is -0.119. The van der Waals surface area contributed by atoms with Crippen LogP contribution in [0.4, 0.5) is 0 Å². The summed E-state index contributed by atoms with van der Waals surface area (Å²) in [7, 11) is 0. The fourth-order valence-electron chi connectivity index (χ4n) is 3.72. The second kappa shape index (κ2) is 10.4. The van der Waals surface area contributed by atoms with Crippen molar-refractivity contribution < 1.29 is 19.0 Å². The van der Waals surface area contributed by atoms with Gasteiger partial charge in [0.1, 0.15) is 29.6 Å². The molecule has 0 saturated heterocycles. The summed E-state index contributed by atoms with van der Waals surface area (Å²) in [4.78, 5) is 11.4. The lowest BCUT2D eigenvalue weighted by Crippen LogP contribution is -2.24. The van der Waals surface area contributed by atoms with Crippen LogP contribution in [0.2, 0.25) is 0 Å². The number of ether oxygens (including phenoxy) is 3. The highest BCUT2D eigenvalue weighted by Crippen LogP contribution is 2.31. The van der Waals surface area contributed by atoms with E-state index in [0.717, 1.165) is 52.2 Å². The Morgan fingerprint density at radius 1 is 0.970 bits per heavy atom. The number of carbonyl (C=O) groups excluding carboxylic acids is 1. The minimum absolute atomic E-state index is 0.0481. The molecule has 1 saturated carbocycles. The van der Waals surface area contributed by atoms with Gasteiger partial charge in [-0.15, -0.1) is 0 Å². The molecule has 3 aromatic carbocycles. The summed E-state index contributed by atoms with van der Waals surface area (Å²) in [5.41, 5.74) is 3.13. The molecule has 5 nitrogen and oxygen atoms in total. The van der Waals surface area contributed by atoms with Crippen LogP contribution in [0.3, 0.4) is 0 Å². The van der Waals surface area contributed by atoms with Gasteiger partial charge in [0.25, 0.3) is 0 Å². The molecule has 172 valence electrons. The third-order valence-corrected chi connectivity index (χ3v) is 5.75. The normalized spacial score (nSPS) is 13.8. The average molecular weight is 446 g/mol. The van der Waals surface area contributed by atoms with Gasteiger partial charge in [0, 0.05) is 13.0 Å². The molecule has 0 aromatic heterocycles. The zero-order chi connectivity index (χ0) is 23.2. The number of nitrogens with one attached hydrogen (secondary N) is 1. The predicted octanol–water partition coefficient (Wildman–Crippen LogP) is 6.35. The second-order valence-corrected chi connectivity index (χ2v) is 8.66. The molecule has 1 unspecified atom stereocenters. The first-order valence-electron chi connectivity index (χ1n) is 11.5. The Bertz CT molecular complexity index is 1090. The third-order valence-electron chi connectivity index (χ3n) is 5.75. The van der Waals surface area contributed by atoms with Gasteiger partial charge >= 0.3 is 0 Å². The molecule has 3 aromatic rings. The van der Waals surface area contributed by atoms with Crippen molar-refractivity contribution in [3.63, 3.8) is 0 Å². The van der Waals surface area contributed by atoms with Crippen LogP contribution in [0.5, 0.6) is 23.0 Å². The fourth-order valence-corrected chi connectivity index (χ4v) is 3.72. The Morgan fingerprint density at radius 2 is 1.70 bits per heavy atom. The van der Waals surface area contributed by atoms with E-state index in [-0.39, 0.29) is 11.9 Å². The highest BCUT2D eigenvalue weighted by Gasteiger charge is 2.21. The highest BCUT2D eigenvalue weighted by molar-refractivity contribution is 5.73. The molecular formula is C28H31NO4. The van der Waals surface area contributed by atoms with E-state index in [9.17, 15) is 4.79 Å². The number of rotatable bonds is 10. The molecule has 0 heterocycles. The van der Waals surface area contributed by atoms with Gasteiger partial charge in [-0.2, -0.15) is 0 Å². The van der Waals surface area contributed by atoms with Gasteiger partial charge in [0.2, 0.25) is 5.91 Å². The van der Waals surface area contributed by atoms with Crippen LogP contribution in [0, 0.1) is 12.8 Å². The van der Waals surface area contributed by atoms with Crippen molar-refractivity contribution in [2.24, 2.45) is 5.92 Å². The van der Waals surface area contributed by atoms with Crippen LogP contribution in [0.25, 0.3) is 0 Å². The van der Waals surface area contributed by atoms with E-state index in [4.69, 9.17) is 14.2 Å². The largest absolute Gasteiger partial charge is 0.493 e. The van der Waals surface area contributed by atoms with Crippen LogP contribution in [0.1, 0.15) is 49.4 Å². The number of carbonyl (C=O) groups is 1. The number of benzene rings is 3. The molecule has 0 aliphatic heterocycles. The van der Waals surface area contributed by atoms with Crippen molar-refractivity contribution in [2.75, 3.05) is 6.61 Å². The van der Waals surface area contributed by atoms with Gasteiger partial charge in [-0.3, -0.25) is 4.79 Å². The lowest BCUT2D eigenvalue weighted by atomic mass is 10.0. The van der Waals surface area contributed by atoms with Crippen molar-refractivity contribution in [1.82, 2.24) is 5.32 Å². The SMILES string of the molecule is CC(=O)NC(C)c1cccc(OCc2ccc(Oc3cccc(OCC4CC4)c3)cc2)c1C. The summed E-state index contributed by atoms with van der Waals surface area (Å²) in [5, 5.41) is 2.93. The maximum Gasteiger partial charge on any atom is 0.217 e. The summed E-state index contributed by atoms with van der Waals surface area (Å²) in [6, 6.07) is 21.5. The molecule has 0 spiro atoms. The number of hydrogen-bond acceptors (Lipinski definition) is 4. The van der Waals surface area contributed by atoms with Crippen molar-refractivity contribution in [3.8, 4) is 23.0 Å². The average Bonchev–Trinajstić information content (AvgIpc) is 3.62. The molecule has 0 radical (unpaired) electrons. The predicted molar refractivity (Wildman–Crippen MR) is 129 cm³/mol. The summed E-state index contributed by atoms with van der Waals surface area (Å²) >= 11 is 0. The molecule has 33 heavy (non-hydrogen) atoms. The van der Waals surface area contributed by atoms with Gasteiger partial charge in [0.15, 0.2) is 0 Å². The van der Waals surface area contributed by atoms with Gasteiger partial charge in [-0.25, -0.2) is 0 Å². The Balaban J connectivity index is 1.34. The molecule has 1 N–H and O–H groups in total. The molecule has 5 heteroatoms. The lowest BCUT2D eigenvalue weighted by Gasteiger charge is -2.18. The Hall–Kier alpha value is -3.47. The standard InChI is InChI=1S/C28H31NO4/c1-19-27(20(2)29-21(3)30)8-5-9-28(19)32-18-23-12-14-24(15-13-23)33-26-7-4-6-25(16-26)31-17-22-10-11-22/h4-9,12-16,20,22H,10-11,17-18H2,1-3H3,(H,29,30). The molecule has 4 rings (SSSR count). The highest BCUT2D eigenvalue weighted by atomic mass is 16.5. The van der Waals surface area contributed by atoms with E-state index in [1.54, 1.807) is 0 Å². The Morgan fingerprint density at radius 3 is 2.42 bits per heavy atom. The number of amides is 1. The first-order chi connectivity index (χ1) is 16.0. The zero-order valence-electron chi connectivity index (χ0n) is 19.5. The Kier molecular flexibility index (Phi) is 7.18. The molecule has 1 atom stereocenters. The second-order valence-electron chi connectivity index (χ2n) is 8.66. The fraction of sp³-hybridized carbons (Fsp3) is 0.321. The van der Waals surface area contributed by atoms with E-state index < -0.39 is 0 Å². The van der Waals surface area contributed by atoms with Crippen LogP contribution in [-0.4, -0.2) is 12.5 Å². The van der Waals surface area contributed by atoms with Gasteiger partial charge in [0.05, 0.1) is 12.6 Å². The van der Waals surface area contributed by atoms with Gasteiger partial charge in [-0.1, -0.05) is 30.3 Å². The first-order valence-corrected chi connectivity index (χ1v) is 11.5. The summed E-state index contributed by atoms with van der Waals surface area (Å²) in [5.74, 6) is 3.85. The van der Waals surface area contributed by atoms with Crippen molar-refractivity contribution >= 4 is 5.91 Å². The summed E-state index contributed by atoms with van der Waals surface area (Å²) in [6.45, 7) is 6.75. The molecule has 1 aliphatic carbocycles. The van der Waals surface area contributed by atoms with E-state index in [0.29, 0.717) is 6.61 Å². The minimum atomic E-state index is -0.0694. The van der Waals surface area contributed by atoms with Crippen molar-refractivity contribution in [1.29, 1.82) is 0 Å². The maximum absolute atomic E-state index is 11.4. The van der Waals surface area contributed by atoms with E-state index in [1.807, 2.05) is 80.6 Å². The zero-order valence-corrected chi connectivity index (χ0v) is 19.5. The first kappa shape index (κ1) is 22.7. The van der Waals surface area contributed by atoms with Crippen LogP contribution < -0.4 is 19.5 Å². The topological polar surface area (TPSA) is 56.8 Å². The molecule has 1 fully saturated rings. The number of hydrogen-bond donors (Lipinski definition) is 1. The third kappa shape index (κ3) is 6.51. The van der Waals surface area contributed by atoms with Crippen molar-refractivity contribution in [3.05, 3.63) is 83.4 Å². The molecule has 1 amide bonds. The molecule has 1 aliphatic rings. The molecule has 0 bridgehead atoms. The quantitative estimate of drug-likeness (QED) is 0.395. The van der Waals surface area contributed by atoms with Gasteiger partial charge in [-0.05, 0) is 79.6 Å². The molecular weight excluding hydrogens is 414 g/mol. The van der Waals surface area contributed by atoms with Gasteiger partial charge < -0.3 is 19.5 Å². The van der Waals surface area contributed by atoms with Crippen LogP contribution in [0.15, 0.2) is 66.7 Å². The van der Waals surface area contributed by atoms with E-state index in [2.05, 4.69) is 5.32 Å². The Labute approximate surface area is 195 Å². The van der Waals surface area contributed by atoms with E-state index >= 15 is 0 Å². The van der Waals surface area contributed by atoms with E-state index in [1.165, 1.54) is 19.8 Å². The minimum Gasteiger partial charge on any atom is -0.493 e. The summed E-state index contributed by atoms with van der Waals surface area (Å²) < 4.78 is 17.9. The van der Waals surface area contributed by atoms with Crippen LogP contribution in [-0.2, 0) is 11.4 Å². The summed E-state index contributed by atoms with van der Waals surface area (Å²) in [6.07, 6.45) is 2.54. The van der Waals surface area contributed by atoms with Crippen molar-refractivity contribution in [2.45, 2.75) is 46.3 Å². The van der Waals surface area contributed by atoms with Crippen LogP contribution >= 0.6 is 0 Å². The maximum atomic E-state index is 11.4. The smallest absolute Gasteiger partial charge is 0.217 e.